The third kappa shape index (κ3) is 6.04. The predicted octanol–water partition coefficient (Wildman–Crippen LogP) is 3.96. The molecule has 0 radical (unpaired) electrons. The lowest BCUT2D eigenvalue weighted by atomic mass is 10.1. The molecular weight excluding hydrogens is 310 g/mol. The number of likely N-dealkylation sites (tertiary alicyclic amines) is 1. The molecule has 1 saturated heterocycles. The van der Waals surface area contributed by atoms with Gasteiger partial charge in [-0.15, -0.1) is 0 Å². The summed E-state index contributed by atoms with van der Waals surface area (Å²) in [6.45, 7) is 7.35. The van der Waals surface area contributed by atoms with E-state index in [1.165, 1.54) is 19.3 Å². The summed E-state index contributed by atoms with van der Waals surface area (Å²) in [6, 6.07) is 7.71. The number of carbonyl (C=O) groups is 1. The van der Waals surface area contributed by atoms with Gasteiger partial charge in [0.15, 0.2) is 0 Å². The number of nitrogens with zero attached hydrogens (tertiary/aromatic N) is 1. The van der Waals surface area contributed by atoms with E-state index in [1.54, 1.807) is 0 Å². The van der Waals surface area contributed by atoms with E-state index in [0.29, 0.717) is 5.02 Å². The summed E-state index contributed by atoms with van der Waals surface area (Å²) in [4.78, 5) is 14.7. The number of amides is 2. The third-order valence-corrected chi connectivity index (χ3v) is 4.60. The second kappa shape index (κ2) is 9.14. The van der Waals surface area contributed by atoms with Crippen molar-refractivity contribution in [1.29, 1.82) is 0 Å². The first kappa shape index (κ1) is 18.1. The smallest absolute Gasteiger partial charge is 0.315 e. The number of benzene rings is 1. The summed E-state index contributed by atoms with van der Waals surface area (Å²) < 4.78 is 0. The number of nitrogens with one attached hydrogen (secondary N) is 2. The lowest BCUT2D eigenvalue weighted by Gasteiger charge is -2.29. The van der Waals surface area contributed by atoms with Gasteiger partial charge in [-0.25, -0.2) is 4.79 Å². The van der Waals surface area contributed by atoms with Crippen LogP contribution in [0.3, 0.4) is 0 Å². The monoisotopic (exact) mass is 337 g/mol. The van der Waals surface area contributed by atoms with Gasteiger partial charge in [-0.05, 0) is 57.0 Å². The fraction of sp³-hybridized carbons (Fsp3) is 0.611. The molecule has 5 heteroatoms. The van der Waals surface area contributed by atoms with Crippen LogP contribution in [0.1, 0.15) is 51.1 Å². The molecule has 0 bridgehead atoms. The molecule has 1 fully saturated rings. The molecule has 128 valence electrons. The van der Waals surface area contributed by atoms with Crippen molar-refractivity contribution in [2.45, 2.75) is 51.6 Å². The number of hydrogen-bond donors (Lipinski definition) is 2. The van der Waals surface area contributed by atoms with Crippen LogP contribution in [-0.2, 0) is 0 Å². The van der Waals surface area contributed by atoms with Crippen LogP contribution in [0.4, 0.5) is 4.79 Å². The molecule has 1 aromatic carbocycles. The molecule has 2 unspecified atom stereocenters. The molecule has 2 atom stereocenters. The topological polar surface area (TPSA) is 44.4 Å². The molecule has 2 rings (SSSR count). The number of carbonyl (C=O) groups excluding carboxylic acids is 1. The van der Waals surface area contributed by atoms with Gasteiger partial charge in [-0.1, -0.05) is 37.1 Å². The van der Waals surface area contributed by atoms with E-state index in [4.69, 9.17) is 11.6 Å². The summed E-state index contributed by atoms with van der Waals surface area (Å²) >= 11 is 5.92. The zero-order valence-electron chi connectivity index (χ0n) is 14.1. The van der Waals surface area contributed by atoms with Crippen LogP contribution < -0.4 is 10.6 Å². The van der Waals surface area contributed by atoms with Crippen LogP contribution in [0.5, 0.6) is 0 Å². The van der Waals surface area contributed by atoms with Crippen LogP contribution in [0.2, 0.25) is 5.02 Å². The molecule has 1 heterocycles. The van der Waals surface area contributed by atoms with Crippen LogP contribution >= 0.6 is 11.6 Å². The molecule has 1 aromatic rings. The van der Waals surface area contributed by atoms with Crippen molar-refractivity contribution < 1.29 is 4.79 Å². The van der Waals surface area contributed by atoms with E-state index in [9.17, 15) is 4.79 Å². The Morgan fingerprint density at radius 3 is 2.43 bits per heavy atom. The van der Waals surface area contributed by atoms with Gasteiger partial charge in [0.1, 0.15) is 0 Å². The van der Waals surface area contributed by atoms with Crippen molar-refractivity contribution in [3.63, 3.8) is 0 Å². The Labute approximate surface area is 144 Å². The summed E-state index contributed by atoms with van der Waals surface area (Å²) in [7, 11) is 0. The molecule has 23 heavy (non-hydrogen) atoms. The minimum absolute atomic E-state index is 0.00875. The minimum Gasteiger partial charge on any atom is -0.334 e. The fourth-order valence-electron chi connectivity index (χ4n) is 3.11. The Bertz CT molecular complexity index is 486. The summed E-state index contributed by atoms with van der Waals surface area (Å²) in [5.74, 6) is 0. The molecule has 2 amide bonds. The van der Waals surface area contributed by atoms with E-state index in [2.05, 4.69) is 29.4 Å². The Balaban J connectivity index is 1.80. The SMILES string of the molecule is CCC(NC(=O)NC(C)CN1CCCCC1)c1ccc(Cl)cc1. The Kier molecular flexibility index (Phi) is 7.18. The normalized spacial score (nSPS) is 18.2. The molecule has 0 spiro atoms. The van der Waals surface area contributed by atoms with Gasteiger partial charge in [0.05, 0.1) is 6.04 Å². The standard InChI is InChI=1S/C18H28ClN3O/c1-3-17(15-7-9-16(19)10-8-15)21-18(23)20-14(2)13-22-11-5-4-6-12-22/h7-10,14,17H,3-6,11-13H2,1-2H3,(H2,20,21,23). The minimum atomic E-state index is -0.101. The lowest BCUT2D eigenvalue weighted by Crippen LogP contribution is -2.47. The highest BCUT2D eigenvalue weighted by molar-refractivity contribution is 6.30. The van der Waals surface area contributed by atoms with Gasteiger partial charge in [0.2, 0.25) is 0 Å². The second-order valence-corrected chi connectivity index (χ2v) is 6.83. The first-order valence-electron chi connectivity index (χ1n) is 8.63. The average molecular weight is 338 g/mol. The summed E-state index contributed by atoms with van der Waals surface area (Å²) in [5.41, 5.74) is 1.08. The largest absolute Gasteiger partial charge is 0.334 e. The molecular formula is C18H28ClN3O. The third-order valence-electron chi connectivity index (χ3n) is 4.34. The van der Waals surface area contributed by atoms with Crippen LogP contribution in [0, 0.1) is 0 Å². The fourth-order valence-corrected chi connectivity index (χ4v) is 3.24. The molecule has 0 saturated carbocycles. The van der Waals surface area contributed by atoms with Crippen LogP contribution in [0.15, 0.2) is 24.3 Å². The maximum Gasteiger partial charge on any atom is 0.315 e. The first-order valence-corrected chi connectivity index (χ1v) is 9.01. The van der Waals surface area contributed by atoms with Crippen molar-refractivity contribution in [2.24, 2.45) is 0 Å². The van der Waals surface area contributed by atoms with Crippen molar-refractivity contribution >= 4 is 17.6 Å². The summed E-state index contributed by atoms with van der Waals surface area (Å²) in [5, 5.41) is 6.83. The van der Waals surface area contributed by atoms with Gasteiger partial charge < -0.3 is 15.5 Å². The zero-order valence-corrected chi connectivity index (χ0v) is 14.9. The molecule has 2 N–H and O–H groups in total. The Morgan fingerprint density at radius 2 is 1.83 bits per heavy atom. The van der Waals surface area contributed by atoms with Gasteiger partial charge in [0.25, 0.3) is 0 Å². The van der Waals surface area contributed by atoms with E-state index >= 15 is 0 Å². The average Bonchev–Trinajstić information content (AvgIpc) is 2.54. The van der Waals surface area contributed by atoms with E-state index in [0.717, 1.165) is 31.6 Å². The van der Waals surface area contributed by atoms with Crippen LogP contribution in [-0.4, -0.2) is 36.6 Å². The maximum atomic E-state index is 12.2. The Morgan fingerprint density at radius 1 is 1.17 bits per heavy atom. The first-order chi connectivity index (χ1) is 11.1. The van der Waals surface area contributed by atoms with E-state index in [1.807, 2.05) is 24.3 Å². The molecule has 4 nitrogen and oxygen atoms in total. The van der Waals surface area contributed by atoms with Gasteiger partial charge in [-0.3, -0.25) is 0 Å². The number of halogens is 1. The van der Waals surface area contributed by atoms with Crippen molar-refractivity contribution in [1.82, 2.24) is 15.5 Å². The van der Waals surface area contributed by atoms with E-state index < -0.39 is 0 Å². The Hall–Kier alpha value is -1.26. The highest BCUT2D eigenvalue weighted by Gasteiger charge is 2.17. The molecule has 0 aromatic heterocycles. The highest BCUT2D eigenvalue weighted by atomic mass is 35.5. The summed E-state index contributed by atoms with van der Waals surface area (Å²) in [6.07, 6.45) is 4.72. The van der Waals surface area contributed by atoms with Gasteiger partial charge in [0, 0.05) is 17.6 Å². The molecule has 1 aliphatic rings. The predicted molar refractivity (Wildman–Crippen MR) is 95.9 cm³/mol. The lowest BCUT2D eigenvalue weighted by molar-refractivity contribution is 0.201. The van der Waals surface area contributed by atoms with Crippen molar-refractivity contribution in [3.8, 4) is 0 Å². The maximum absolute atomic E-state index is 12.2. The van der Waals surface area contributed by atoms with E-state index in [-0.39, 0.29) is 18.1 Å². The number of rotatable bonds is 6. The number of urea groups is 1. The quantitative estimate of drug-likeness (QED) is 0.825. The van der Waals surface area contributed by atoms with Gasteiger partial charge >= 0.3 is 6.03 Å². The van der Waals surface area contributed by atoms with Gasteiger partial charge in [-0.2, -0.15) is 0 Å². The molecule has 0 aliphatic carbocycles. The second-order valence-electron chi connectivity index (χ2n) is 6.39. The van der Waals surface area contributed by atoms with Crippen molar-refractivity contribution in [3.05, 3.63) is 34.9 Å². The highest BCUT2D eigenvalue weighted by Crippen LogP contribution is 2.19. The zero-order chi connectivity index (χ0) is 16.7. The number of piperidine rings is 1. The number of hydrogen-bond acceptors (Lipinski definition) is 2. The van der Waals surface area contributed by atoms with Crippen LogP contribution in [0.25, 0.3) is 0 Å². The van der Waals surface area contributed by atoms with Crippen molar-refractivity contribution in [2.75, 3.05) is 19.6 Å². The molecule has 1 aliphatic heterocycles.